The summed E-state index contributed by atoms with van der Waals surface area (Å²) in [6.07, 6.45) is 3.16. The third-order valence-corrected chi connectivity index (χ3v) is 6.47. The number of nitrogens with one attached hydrogen (secondary N) is 1. The first-order valence-electron chi connectivity index (χ1n) is 7.83. The average molecular weight is 394 g/mol. The summed E-state index contributed by atoms with van der Waals surface area (Å²) >= 11 is 1.13. The summed E-state index contributed by atoms with van der Waals surface area (Å²) in [4.78, 5) is 12.3. The van der Waals surface area contributed by atoms with Crippen molar-refractivity contribution in [3.05, 3.63) is 36.3 Å². The Balaban J connectivity index is 1.48. The molecule has 0 saturated carbocycles. The fourth-order valence-electron chi connectivity index (χ4n) is 2.57. The van der Waals surface area contributed by atoms with Crippen LogP contribution in [0, 0.1) is 0 Å². The lowest BCUT2D eigenvalue weighted by Crippen LogP contribution is -2.27. The molecule has 4 heterocycles. The van der Waals surface area contributed by atoms with Crippen LogP contribution < -0.4 is 5.32 Å². The van der Waals surface area contributed by atoms with Gasteiger partial charge in [-0.15, -0.1) is 10.2 Å². The molecule has 0 aromatic carbocycles. The normalized spacial score (nSPS) is 15.4. The van der Waals surface area contributed by atoms with Gasteiger partial charge in [0.2, 0.25) is 10.2 Å². The minimum Gasteiger partial charge on any atom is -0.462 e. The Morgan fingerprint density at radius 3 is 2.73 bits per heavy atom. The van der Waals surface area contributed by atoms with Gasteiger partial charge < -0.3 is 8.83 Å². The lowest BCUT2D eigenvalue weighted by molar-refractivity contribution is 0.0991. The Bertz CT molecular complexity index is 1020. The van der Waals surface area contributed by atoms with Gasteiger partial charge in [-0.25, -0.2) is 8.42 Å². The van der Waals surface area contributed by atoms with Crippen molar-refractivity contribution >= 4 is 32.4 Å². The monoisotopic (exact) mass is 394 g/mol. The van der Waals surface area contributed by atoms with E-state index in [1.54, 1.807) is 12.1 Å². The molecule has 0 unspecified atom stereocenters. The van der Waals surface area contributed by atoms with E-state index < -0.39 is 15.9 Å². The number of nitrogens with zero attached hydrogens (tertiary/aromatic N) is 3. The highest BCUT2D eigenvalue weighted by Crippen LogP contribution is 2.27. The fraction of sp³-hybridized carbons (Fsp3) is 0.267. The van der Waals surface area contributed by atoms with Crippen LogP contribution in [0.4, 0.5) is 5.13 Å². The summed E-state index contributed by atoms with van der Waals surface area (Å²) < 4.78 is 36.7. The highest BCUT2D eigenvalue weighted by molar-refractivity contribution is 7.89. The number of hydrogen-bond donors (Lipinski definition) is 1. The molecule has 0 atom stereocenters. The zero-order chi connectivity index (χ0) is 18.1. The average Bonchev–Trinajstić information content (AvgIpc) is 3.42. The molecule has 3 aromatic rings. The molecule has 1 saturated heterocycles. The van der Waals surface area contributed by atoms with Crippen LogP contribution in [-0.4, -0.2) is 41.9 Å². The molecule has 0 radical (unpaired) electrons. The topological polar surface area (TPSA) is 119 Å². The van der Waals surface area contributed by atoms with E-state index in [1.807, 2.05) is 0 Å². The second-order valence-electron chi connectivity index (χ2n) is 5.57. The van der Waals surface area contributed by atoms with Crippen LogP contribution in [0.3, 0.4) is 0 Å². The van der Waals surface area contributed by atoms with Crippen LogP contribution in [0.15, 0.2) is 44.5 Å². The first kappa shape index (κ1) is 16.9. The van der Waals surface area contributed by atoms with Crippen LogP contribution in [0.2, 0.25) is 0 Å². The van der Waals surface area contributed by atoms with Gasteiger partial charge in [-0.1, -0.05) is 11.3 Å². The van der Waals surface area contributed by atoms with E-state index in [2.05, 4.69) is 15.5 Å². The van der Waals surface area contributed by atoms with E-state index in [1.165, 1.54) is 22.7 Å². The van der Waals surface area contributed by atoms with Crippen LogP contribution in [0.5, 0.6) is 0 Å². The standard InChI is InChI=1S/C15H14N4O5S2/c20-13(16-15-18-17-14(25-15)11-4-3-9-23-11)10-5-6-12(24-10)26(21,22)19-7-1-2-8-19/h3-6,9H,1-2,7-8H2,(H,16,18,20). The van der Waals surface area contributed by atoms with Gasteiger partial charge in [0.05, 0.1) is 6.26 Å². The minimum atomic E-state index is -3.70. The maximum absolute atomic E-state index is 12.4. The summed E-state index contributed by atoms with van der Waals surface area (Å²) in [5, 5.41) is 10.9. The van der Waals surface area contributed by atoms with Gasteiger partial charge >= 0.3 is 0 Å². The van der Waals surface area contributed by atoms with E-state index in [4.69, 9.17) is 8.83 Å². The van der Waals surface area contributed by atoms with Gasteiger partial charge in [-0.05, 0) is 37.1 Å². The Kier molecular flexibility index (Phi) is 4.34. The second-order valence-corrected chi connectivity index (χ2v) is 8.42. The molecule has 0 spiro atoms. The van der Waals surface area contributed by atoms with E-state index in [0.29, 0.717) is 23.9 Å². The van der Waals surface area contributed by atoms with E-state index in [-0.39, 0.29) is 16.0 Å². The van der Waals surface area contributed by atoms with E-state index >= 15 is 0 Å². The van der Waals surface area contributed by atoms with Crippen LogP contribution in [-0.2, 0) is 10.0 Å². The number of carbonyl (C=O) groups is 1. The molecule has 11 heteroatoms. The minimum absolute atomic E-state index is 0.113. The zero-order valence-electron chi connectivity index (χ0n) is 13.4. The number of sulfonamides is 1. The zero-order valence-corrected chi connectivity index (χ0v) is 15.0. The number of aromatic nitrogens is 2. The molecule has 1 aliphatic heterocycles. The van der Waals surface area contributed by atoms with E-state index in [9.17, 15) is 13.2 Å². The highest BCUT2D eigenvalue weighted by Gasteiger charge is 2.30. The molecule has 26 heavy (non-hydrogen) atoms. The van der Waals surface area contributed by atoms with Gasteiger partial charge in [-0.3, -0.25) is 10.1 Å². The molecule has 0 bridgehead atoms. The second kappa shape index (κ2) is 6.67. The largest absolute Gasteiger partial charge is 0.462 e. The molecule has 1 aliphatic rings. The molecule has 1 fully saturated rings. The number of hydrogen-bond acceptors (Lipinski definition) is 8. The third-order valence-electron chi connectivity index (χ3n) is 3.84. The van der Waals surface area contributed by atoms with Crippen LogP contribution >= 0.6 is 11.3 Å². The van der Waals surface area contributed by atoms with Crippen molar-refractivity contribution in [1.29, 1.82) is 0 Å². The molecule has 1 amide bonds. The molecular weight excluding hydrogens is 380 g/mol. The SMILES string of the molecule is O=C(Nc1nnc(-c2ccco2)s1)c1ccc(S(=O)(=O)N2CCCC2)o1. The quantitative estimate of drug-likeness (QED) is 0.706. The maximum atomic E-state index is 12.4. The maximum Gasteiger partial charge on any atom is 0.293 e. The number of rotatable bonds is 5. The molecular formula is C15H14N4O5S2. The fourth-order valence-corrected chi connectivity index (χ4v) is 4.70. The van der Waals surface area contributed by atoms with Gasteiger partial charge in [0.25, 0.3) is 15.9 Å². The van der Waals surface area contributed by atoms with E-state index in [0.717, 1.165) is 24.2 Å². The summed E-state index contributed by atoms with van der Waals surface area (Å²) in [6, 6.07) is 6.07. The molecule has 0 aliphatic carbocycles. The summed E-state index contributed by atoms with van der Waals surface area (Å²) in [7, 11) is -3.70. The molecule has 136 valence electrons. The third kappa shape index (κ3) is 3.16. The van der Waals surface area contributed by atoms with Gasteiger partial charge in [0, 0.05) is 13.1 Å². The Morgan fingerprint density at radius 1 is 1.19 bits per heavy atom. The summed E-state index contributed by atoms with van der Waals surface area (Å²) in [5.74, 6) is -0.174. The lowest BCUT2D eigenvalue weighted by Gasteiger charge is -2.12. The van der Waals surface area contributed by atoms with Crippen molar-refractivity contribution in [2.75, 3.05) is 18.4 Å². The Labute approximate surface area is 152 Å². The van der Waals surface area contributed by atoms with Gasteiger partial charge in [-0.2, -0.15) is 4.31 Å². The summed E-state index contributed by atoms with van der Waals surface area (Å²) in [5.41, 5.74) is 0. The molecule has 1 N–H and O–H groups in total. The Morgan fingerprint density at radius 2 is 2.00 bits per heavy atom. The number of amides is 1. The Hall–Kier alpha value is -2.50. The number of carbonyl (C=O) groups excluding carboxylic acids is 1. The predicted octanol–water partition coefficient (Wildman–Crippen LogP) is 2.43. The smallest absolute Gasteiger partial charge is 0.293 e. The first-order chi connectivity index (χ1) is 12.5. The van der Waals surface area contributed by atoms with Crippen molar-refractivity contribution in [3.63, 3.8) is 0 Å². The first-order valence-corrected chi connectivity index (χ1v) is 10.1. The number of furan rings is 2. The van der Waals surface area contributed by atoms with Crippen LogP contribution in [0.25, 0.3) is 10.8 Å². The molecule has 4 rings (SSSR count). The van der Waals surface area contributed by atoms with Crippen LogP contribution in [0.1, 0.15) is 23.4 Å². The lowest BCUT2D eigenvalue weighted by atomic mass is 10.4. The number of anilines is 1. The predicted molar refractivity (Wildman–Crippen MR) is 92.3 cm³/mol. The van der Waals surface area contributed by atoms with Crippen molar-refractivity contribution in [1.82, 2.24) is 14.5 Å². The van der Waals surface area contributed by atoms with Crippen molar-refractivity contribution < 1.29 is 22.0 Å². The van der Waals surface area contributed by atoms with Crippen molar-refractivity contribution in [2.24, 2.45) is 0 Å². The van der Waals surface area contributed by atoms with Gasteiger partial charge in [0.1, 0.15) is 0 Å². The van der Waals surface area contributed by atoms with Crippen molar-refractivity contribution in [2.45, 2.75) is 17.9 Å². The molecule has 9 nitrogen and oxygen atoms in total. The highest BCUT2D eigenvalue weighted by atomic mass is 32.2. The van der Waals surface area contributed by atoms with Gasteiger partial charge in [0.15, 0.2) is 16.5 Å². The summed E-state index contributed by atoms with van der Waals surface area (Å²) in [6.45, 7) is 0.926. The van der Waals surface area contributed by atoms with Crippen molar-refractivity contribution in [3.8, 4) is 10.8 Å². The molecule has 3 aromatic heterocycles.